The Labute approximate surface area is 98.7 Å². The van der Waals surface area contributed by atoms with Gasteiger partial charge in [-0.3, -0.25) is 4.79 Å². The van der Waals surface area contributed by atoms with Crippen LogP contribution in [0.1, 0.15) is 25.0 Å². The van der Waals surface area contributed by atoms with Gasteiger partial charge in [-0.15, -0.1) is 0 Å². The summed E-state index contributed by atoms with van der Waals surface area (Å²) < 4.78 is 18.3. The van der Waals surface area contributed by atoms with E-state index in [2.05, 4.69) is 5.16 Å². The van der Waals surface area contributed by atoms with Crippen molar-refractivity contribution in [2.75, 3.05) is 6.61 Å². The number of benzene rings is 1. The first kappa shape index (κ1) is 13.2. The second kappa shape index (κ2) is 5.98. The quantitative estimate of drug-likeness (QED) is 0.379. The van der Waals surface area contributed by atoms with Crippen LogP contribution in [0.2, 0.25) is 0 Å². The predicted molar refractivity (Wildman–Crippen MR) is 60.7 cm³/mol. The van der Waals surface area contributed by atoms with Gasteiger partial charge in [-0.2, -0.15) is 0 Å². The summed E-state index contributed by atoms with van der Waals surface area (Å²) in [6.07, 6.45) is 0.0281. The molecule has 0 atom stereocenters. The van der Waals surface area contributed by atoms with Crippen molar-refractivity contribution in [1.82, 2.24) is 0 Å². The highest BCUT2D eigenvalue weighted by Crippen LogP contribution is 2.12. The number of ether oxygens (including phenoxy) is 1. The third-order valence-corrected chi connectivity index (χ3v) is 2.23. The summed E-state index contributed by atoms with van der Waals surface area (Å²) in [6.45, 7) is 3.50. The Hall–Kier alpha value is -1.91. The fourth-order valence-electron chi connectivity index (χ4n) is 1.39. The molecule has 1 aromatic rings. The number of rotatable bonds is 4. The van der Waals surface area contributed by atoms with E-state index in [4.69, 9.17) is 9.94 Å². The van der Waals surface area contributed by atoms with Crippen LogP contribution in [0.5, 0.6) is 0 Å². The highest BCUT2D eigenvalue weighted by molar-refractivity contribution is 5.98. The average molecular weight is 239 g/mol. The number of esters is 1. The summed E-state index contributed by atoms with van der Waals surface area (Å²) in [7, 11) is 0. The number of halogens is 1. The Morgan fingerprint density at radius 1 is 1.53 bits per heavy atom. The van der Waals surface area contributed by atoms with E-state index in [9.17, 15) is 9.18 Å². The Bertz CT molecular complexity index is 443. The van der Waals surface area contributed by atoms with Crippen molar-refractivity contribution >= 4 is 11.7 Å². The number of carbonyl (C=O) groups is 1. The lowest BCUT2D eigenvalue weighted by Crippen LogP contribution is -2.08. The van der Waals surface area contributed by atoms with Crippen molar-refractivity contribution in [3.63, 3.8) is 0 Å². The van der Waals surface area contributed by atoms with Gasteiger partial charge >= 0.3 is 5.97 Å². The summed E-state index contributed by atoms with van der Waals surface area (Å²) in [5.41, 5.74) is 0.917. The summed E-state index contributed by atoms with van der Waals surface area (Å²) >= 11 is 0. The molecular weight excluding hydrogens is 225 g/mol. The van der Waals surface area contributed by atoms with Gasteiger partial charge in [0.15, 0.2) is 0 Å². The molecule has 0 spiro atoms. The first-order valence-corrected chi connectivity index (χ1v) is 5.21. The first-order chi connectivity index (χ1) is 8.08. The zero-order chi connectivity index (χ0) is 12.8. The van der Waals surface area contributed by atoms with Crippen molar-refractivity contribution in [1.29, 1.82) is 0 Å². The van der Waals surface area contributed by atoms with Gasteiger partial charge in [0, 0.05) is 5.56 Å². The van der Waals surface area contributed by atoms with E-state index in [1.165, 1.54) is 19.1 Å². The van der Waals surface area contributed by atoms with Gasteiger partial charge in [-0.05, 0) is 31.5 Å². The van der Waals surface area contributed by atoms with Crippen molar-refractivity contribution < 1.29 is 19.1 Å². The van der Waals surface area contributed by atoms with Crippen LogP contribution in [-0.4, -0.2) is 23.5 Å². The van der Waals surface area contributed by atoms with Crippen molar-refractivity contribution in [2.24, 2.45) is 5.16 Å². The van der Waals surface area contributed by atoms with Crippen molar-refractivity contribution in [3.8, 4) is 0 Å². The molecule has 0 radical (unpaired) electrons. The zero-order valence-corrected chi connectivity index (χ0v) is 9.74. The molecule has 4 nitrogen and oxygen atoms in total. The molecule has 0 bridgehead atoms. The molecule has 1 rings (SSSR count). The van der Waals surface area contributed by atoms with E-state index in [-0.39, 0.29) is 17.7 Å². The number of carbonyl (C=O) groups excluding carboxylic acids is 1. The van der Waals surface area contributed by atoms with Crippen LogP contribution < -0.4 is 0 Å². The molecule has 0 heterocycles. The molecule has 92 valence electrons. The molecule has 0 saturated heterocycles. The van der Waals surface area contributed by atoms with Crippen LogP contribution in [-0.2, 0) is 16.0 Å². The van der Waals surface area contributed by atoms with Crippen molar-refractivity contribution in [2.45, 2.75) is 20.3 Å². The van der Waals surface area contributed by atoms with Crippen LogP contribution in [0.4, 0.5) is 4.39 Å². The summed E-state index contributed by atoms with van der Waals surface area (Å²) in [5, 5.41) is 11.5. The maximum atomic E-state index is 13.6. The Balaban J connectivity index is 2.86. The van der Waals surface area contributed by atoms with Gasteiger partial charge in [0.25, 0.3) is 0 Å². The predicted octanol–water partition coefficient (Wildman–Crippen LogP) is 2.13. The minimum Gasteiger partial charge on any atom is -0.466 e. The van der Waals surface area contributed by atoms with Gasteiger partial charge in [0.05, 0.1) is 18.7 Å². The van der Waals surface area contributed by atoms with Gasteiger partial charge < -0.3 is 9.94 Å². The average Bonchev–Trinajstić information content (AvgIpc) is 2.28. The molecule has 0 amide bonds. The lowest BCUT2D eigenvalue weighted by molar-refractivity contribution is -0.142. The molecule has 0 aliphatic carbocycles. The molecular formula is C12H14FNO3. The van der Waals surface area contributed by atoms with Gasteiger partial charge in [0.1, 0.15) is 5.82 Å². The maximum absolute atomic E-state index is 13.6. The zero-order valence-electron chi connectivity index (χ0n) is 9.74. The number of nitrogens with zero attached hydrogens (tertiary/aromatic N) is 1. The van der Waals surface area contributed by atoms with Gasteiger partial charge in [-0.25, -0.2) is 4.39 Å². The van der Waals surface area contributed by atoms with Gasteiger partial charge in [-0.1, -0.05) is 11.2 Å². The molecule has 0 saturated carbocycles. The fourth-order valence-corrected chi connectivity index (χ4v) is 1.39. The lowest BCUT2D eigenvalue weighted by atomic mass is 10.1. The van der Waals surface area contributed by atoms with E-state index in [1.807, 2.05) is 0 Å². The van der Waals surface area contributed by atoms with E-state index in [0.29, 0.717) is 12.2 Å². The molecule has 0 aliphatic rings. The maximum Gasteiger partial charge on any atom is 0.310 e. The molecule has 0 unspecified atom stereocenters. The SMILES string of the molecule is CCOC(=O)Cc1ccc(C(C)=NO)c(F)c1. The standard InChI is InChI=1S/C12H14FNO3/c1-3-17-12(15)7-9-4-5-10(8(2)14-16)11(13)6-9/h4-6,16H,3,7H2,1-2H3. The number of oxime groups is 1. The molecule has 5 heteroatoms. The first-order valence-electron chi connectivity index (χ1n) is 5.21. The highest BCUT2D eigenvalue weighted by Gasteiger charge is 2.09. The van der Waals surface area contributed by atoms with Crippen LogP contribution in [0.15, 0.2) is 23.4 Å². The normalized spacial score (nSPS) is 11.4. The molecule has 1 aromatic carbocycles. The lowest BCUT2D eigenvalue weighted by Gasteiger charge is -2.05. The van der Waals surface area contributed by atoms with E-state index >= 15 is 0 Å². The second-order valence-electron chi connectivity index (χ2n) is 3.48. The Morgan fingerprint density at radius 2 is 2.24 bits per heavy atom. The monoisotopic (exact) mass is 239 g/mol. The molecule has 0 aliphatic heterocycles. The number of hydrogen-bond acceptors (Lipinski definition) is 4. The Morgan fingerprint density at radius 3 is 2.76 bits per heavy atom. The second-order valence-corrected chi connectivity index (χ2v) is 3.48. The van der Waals surface area contributed by atoms with Crippen molar-refractivity contribution in [3.05, 3.63) is 35.1 Å². The highest BCUT2D eigenvalue weighted by atomic mass is 19.1. The minimum absolute atomic E-state index is 0.0281. The van der Waals surface area contributed by atoms with Gasteiger partial charge in [0.2, 0.25) is 0 Å². The minimum atomic E-state index is -0.526. The largest absolute Gasteiger partial charge is 0.466 e. The van der Waals surface area contributed by atoms with E-state index < -0.39 is 11.8 Å². The molecule has 0 aromatic heterocycles. The molecule has 1 N–H and O–H groups in total. The van der Waals surface area contributed by atoms with Crippen LogP contribution in [0, 0.1) is 5.82 Å². The topological polar surface area (TPSA) is 58.9 Å². The smallest absolute Gasteiger partial charge is 0.310 e. The Kier molecular flexibility index (Phi) is 4.63. The summed E-state index contributed by atoms with van der Waals surface area (Å²) in [6, 6.07) is 4.31. The number of hydrogen-bond donors (Lipinski definition) is 1. The molecule has 17 heavy (non-hydrogen) atoms. The fraction of sp³-hybridized carbons (Fsp3) is 0.333. The summed E-state index contributed by atoms with van der Waals surface area (Å²) in [5.74, 6) is -0.922. The van der Waals surface area contributed by atoms with E-state index in [1.54, 1.807) is 13.0 Å². The van der Waals surface area contributed by atoms with Crippen LogP contribution >= 0.6 is 0 Å². The third kappa shape index (κ3) is 3.55. The molecule has 0 fully saturated rings. The van der Waals surface area contributed by atoms with E-state index in [0.717, 1.165) is 0 Å². The van der Waals surface area contributed by atoms with Crippen LogP contribution in [0.25, 0.3) is 0 Å². The summed E-state index contributed by atoms with van der Waals surface area (Å²) in [4.78, 5) is 11.2. The third-order valence-electron chi connectivity index (χ3n) is 2.23. The van der Waals surface area contributed by atoms with Crippen LogP contribution in [0.3, 0.4) is 0 Å².